The van der Waals surface area contributed by atoms with Crippen LogP contribution in [0.5, 0.6) is 11.5 Å². The number of rotatable bonds is 3. The number of anilines is 1. The number of hydrogen-bond donors (Lipinski definition) is 2. The van der Waals surface area contributed by atoms with Crippen LogP contribution >= 0.6 is 0 Å². The molecule has 0 spiro atoms. The van der Waals surface area contributed by atoms with Crippen molar-refractivity contribution in [3.63, 3.8) is 0 Å². The number of carboxylic acid groups (broad SMARTS) is 1. The van der Waals surface area contributed by atoms with Crippen molar-refractivity contribution in [3.8, 4) is 17.6 Å². The van der Waals surface area contributed by atoms with Crippen molar-refractivity contribution in [2.75, 3.05) is 5.73 Å². The first kappa shape index (κ1) is 13.4. The van der Waals surface area contributed by atoms with Crippen LogP contribution in [0.25, 0.3) is 0 Å². The molecule has 0 aliphatic carbocycles. The van der Waals surface area contributed by atoms with Gasteiger partial charge in [0.1, 0.15) is 23.4 Å². The van der Waals surface area contributed by atoms with Crippen molar-refractivity contribution in [1.82, 2.24) is 0 Å². The van der Waals surface area contributed by atoms with Crippen LogP contribution in [0.4, 0.5) is 10.1 Å². The molecule has 0 radical (unpaired) electrons. The van der Waals surface area contributed by atoms with E-state index >= 15 is 0 Å². The zero-order chi connectivity index (χ0) is 14.7. The standard InChI is InChI=1S/C14H9FN2O3/c15-11-6-10(3-1-9(11)7-16)20-13-4-2-8(14(18)19)5-12(13)17/h1-6H,17H2,(H,18,19). The molecule has 0 amide bonds. The lowest BCUT2D eigenvalue weighted by molar-refractivity contribution is 0.0697. The number of benzene rings is 2. The third-order valence-electron chi connectivity index (χ3n) is 2.55. The molecule has 5 nitrogen and oxygen atoms in total. The zero-order valence-electron chi connectivity index (χ0n) is 10.1. The Hall–Kier alpha value is -3.07. The molecule has 0 aromatic heterocycles. The number of ether oxygens (including phenoxy) is 1. The normalized spacial score (nSPS) is 9.80. The van der Waals surface area contributed by atoms with Gasteiger partial charge in [0.2, 0.25) is 0 Å². The van der Waals surface area contributed by atoms with Crippen molar-refractivity contribution in [2.45, 2.75) is 0 Å². The van der Waals surface area contributed by atoms with E-state index in [2.05, 4.69) is 0 Å². The third-order valence-corrected chi connectivity index (χ3v) is 2.55. The average molecular weight is 272 g/mol. The molecule has 2 aromatic carbocycles. The second-order valence-electron chi connectivity index (χ2n) is 3.91. The monoisotopic (exact) mass is 272 g/mol. The highest BCUT2D eigenvalue weighted by Crippen LogP contribution is 2.29. The molecule has 0 bridgehead atoms. The van der Waals surface area contributed by atoms with Crippen LogP contribution in [0.2, 0.25) is 0 Å². The van der Waals surface area contributed by atoms with Crippen LogP contribution in [-0.2, 0) is 0 Å². The van der Waals surface area contributed by atoms with E-state index in [1.165, 1.54) is 30.3 Å². The smallest absolute Gasteiger partial charge is 0.335 e. The molecular weight excluding hydrogens is 263 g/mol. The minimum Gasteiger partial charge on any atom is -0.478 e. The van der Waals surface area contributed by atoms with Gasteiger partial charge >= 0.3 is 5.97 Å². The van der Waals surface area contributed by atoms with Gasteiger partial charge in [0.15, 0.2) is 0 Å². The van der Waals surface area contributed by atoms with Crippen LogP contribution in [0, 0.1) is 17.1 Å². The summed E-state index contributed by atoms with van der Waals surface area (Å²) in [5.74, 6) is -1.44. The van der Waals surface area contributed by atoms with E-state index in [0.717, 1.165) is 6.07 Å². The molecule has 20 heavy (non-hydrogen) atoms. The Morgan fingerprint density at radius 2 is 2.05 bits per heavy atom. The van der Waals surface area contributed by atoms with E-state index in [0.29, 0.717) is 0 Å². The predicted octanol–water partition coefficient (Wildman–Crippen LogP) is 2.77. The van der Waals surface area contributed by atoms with Gasteiger partial charge in [-0.1, -0.05) is 0 Å². The summed E-state index contributed by atoms with van der Waals surface area (Å²) in [7, 11) is 0. The van der Waals surface area contributed by atoms with Gasteiger partial charge in [0.25, 0.3) is 0 Å². The summed E-state index contributed by atoms with van der Waals surface area (Å²) in [6, 6.07) is 9.42. The number of aromatic carboxylic acids is 1. The molecule has 0 aliphatic heterocycles. The van der Waals surface area contributed by atoms with Gasteiger partial charge in [0.05, 0.1) is 16.8 Å². The van der Waals surface area contributed by atoms with Crippen LogP contribution in [0.1, 0.15) is 15.9 Å². The highest BCUT2D eigenvalue weighted by molar-refractivity contribution is 5.89. The lowest BCUT2D eigenvalue weighted by atomic mass is 10.2. The molecule has 0 unspecified atom stereocenters. The van der Waals surface area contributed by atoms with E-state index in [1.54, 1.807) is 6.07 Å². The van der Waals surface area contributed by atoms with Crippen molar-refractivity contribution in [2.24, 2.45) is 0 Å². The minimum absolute atomic E-state index is 0.0286. The molecule has 0 saturated carbocycles. The van der Waals surface area contributed by atoms with E-state index in [1.807, 2.05) is 0 Å². The summed E-state index contributed by atoms with van der Waals surface area (Å²) in [5, 5.41) is 17.4. The van der Waals surface area contributed by atoms with Gasteiger partial charge in [-0.15, -0.1) is 0 Å². The van der Waals surface area contributed by atoms with Crippen LogP contribution < -0.4 is 10.5 Å². The fourth-order valence-electron chi connectivity index (χ4n) is 1.55. The number of nitrogen functional groups attached to an aromatic ring is 1. The van der Waals surface area contributed by atoms with Gasteiger partial charge in [0, 0.05) is 6.07 Å². The molecule has 0 fully saturated rings. The molecule has 2 rings (SSSR count). The van der Waals surface area contributed by atoms with Crippen LogP contribution in [-0.4, -0.2) is 11.1 Å². The van der Waals surface area contributed by atoms with Crippen molar-refractivity contribution in [3.05, 3.63) is 53.3 Å². The lowest BCUT2D eigenvalue weighted by Gasteiger charge is -2.09. The van der Waals surface area contributed by atoms with Gasteiger partial charge < -0.3 is 15.6 Å². The number of halogens is 1. The lowest BCUT2D eigenvalue weighted by Crippen LogP contribution is -1.99. The number of nitrogens with zero attached hydrogens (tertiary/aromatic N) is 1. The molecule has 3 N–H and O–H groups in total. The first-order valence-corrected chi connectivity index (χ1v) is 5.51. The highest BCUT2D eigenvalue weighted by Gasteiger charge is 2.09. The van der Waals surface area contributed by atoms with E-state index in [9.17, 15) is 9.18 Å². The molecule has 0 aliphatic rings. The summed E-state index contributed by atoms with van der Waals surface area (Å²) >= 11 is 0. The number of carboxylic acids is 1. The topological polar surface area (TPSA) is 96.3 Å². The fourth-order valence-corrected chi connectivity index (χ4v) is 1.55. The van der Waals surface area contributed by atoms with Crippen molar-refractivity contribution >= 4 is 11.7 Å². The maximum absolute atomic E-state index is 13.4. The highest BCUT2D eigenvalue weighted by atomic mass is 19.1. The summed E-state index contributed by atoms with van der Waals surface area (Å²) in [6.07, 6.45) is 0. The Morgan fingerprint density at radius 3 is 2.60 bits per heavy atom. The summed E-state index contributed by atoms with van der Waals surface area (Å²) in [5.41, 5.74) is 5.72. The summed E-state index contributed by atoms with van der Waals surface area (Å²) < 4.78 is 18.8. The average Bonchev–Trinajstić information content (AvgIpc) is 2.41. The van der Waals surface area contributed by atoms with Gasteiger partial charge in [-0.3, -0.25) is 0 Å². The maximum atomic E-state index is 13.4. The van der Waals surface area contributed by atoms with Crippen LogP contribution in [0.3, 0.4) is 0 Å². The van der Waals surface area contributed by atoms with E-state index in [-0.39, 0.29) is 28.3 Å². The molecular formula is C14H9FN2O3. The van der Waals surface area contributed by atoms with Gasteiger partial charge in [-0.25, -0.2) is 9.18 Å². The molecule has 2 aromatic rings. The Bertz CT molecular complexity index is 723. The zero-order valence-corrected chi connectivity index (χ0v) is 10.1. The van der Waals surface area contributed by atoms with E-state index in [4.69, 9.17) is 20.8 Å². The van der Waals surface area contributed by atoms with E-state index < -0.39 is 11.8 Å². The van der Waals surface area contributed by atoms with Gasteiger partial charge in [-0.2, -0.15) is 5.26 Å². The molecule has 100 valence electrons. The second kappa shape index (κ2) is 5.28. The second-order valence-corrected chi connectivity index (χ2v) is 3.91. The quantitative estimate of drug-likeness (QED) is 0.837. The first-order chi connectivity index (χ1) is 9.51. The largest absolute Gasteiger partial charge is 0.478 e. The number of hydrogen-bond acceptors (Lipinski definition) is 4. The molecule has 0 saturated heterocycles. The van der Waals surface area contributed by atoms with Gasteiger partial charge in [-0.05, 0) is 30.3 Å². The summed E-state index contributed by atoms with van der Waals surface area (Å²) in [6.45, 7) is 0. The molecule has 0 heterocycles. The Balaban J connectivity index is 2.29. The molecule has 0 atom stereocenters. The van der Waals surface area contributed by atoms with Crippen molar-refractivity contribution in [1.29, 1.82) is 5.26 Å². The number of nitriles is 1. The number of nitrogens with two attached hydrogens (primary N) is 1. The fraction of sp³-hybridized carbons (Fsp3) is 0. The SMILES string of the molecule is N#Cc1ccc(Oc2ccc(C(=O)O)cc2N)cc1F. The Morgan fingerprint density at radius 1 is 1.30 bits per heavy atom. The Kier molecular flexibility index (Phi) is 3.53. The van der Waals surface area contributed by atoms with Crippen molar-refractivity contribution < 1.29 is 19.0 Å². The maximum Gasteiger partial charge on any atom is 0.335 e. The Labute approximate surface area is 113 Å². The summed E-state index contributed by atoms with van der Waals surface area (Å²) in [4.78, 5) is 10.8. The molecule has 6 heteroatoms. The third kappa shape index (κ3) is 2.67. The van der Waals surface area contributed by atoms with Crippen LogP contribution in [0.15, 0.2) is 36.4 Å². The minimum atomic E-state index is -1.10. The number of carbonyl (C=O) groups is 1. The first-order valence-electron chi connectivity index (χ1n) is 5.51. The predicted molar refractivity (Wildman–Crippen MR) is 69.0 cm³/mol.